The van der Waals surface area contributed by atoms with Crippen LogP contribution in [0.5, 0.6) is 0 Å². The average molecular weight is 341 g/mol. The molecular weight excluding hydrogens is 328 g/mol. The summed E-state index contributed by atoms with van der Waals surface area (Å²) in [6, 6.07) is 10.3. The smallest absolute Gasteiger partial charge is 0.263 e. The van der Waals surface area contributed by atoms with Gasteiger partial charge in [-0.25, -0.2) is 13.4 Å². The molecule has 0 aliphatic heterocycles. The van der Waals surface area contributed by atoms with Crippen molar-refractivity contribution in [2.24, 2.45) is 0 Å². The average Bonchev–Trinajstić information content (AvgIpc) is 2.27. The second-order valence-electron chi connectivity index (χ2n) is 4.22. The van der Waals surface area contributed by atoms with Crippen LogP contribution in [-0.2, 0) is 10.0 Å². The molecule has 100 valence electrons. The van der Waals surface area contributed by atoms with Gasteiger partial charge in [0, 0.05) is 0 Å². The number of anilines is 1. The van der Waals surface area contributed by atoms with Gasteiger partial charge in [0.25, 0.3) is 10.0 Å². The van der Waals surface area contributed by atoms with Crippen LogP contribution in [-0.4, -0.2) is 13.4 Å². The van der Waals surface area contributed by atoms with Crippen molar-refractivity contribution in [1.82, 2.24) is 4.98 Å². The normalized spacial score (nSPS) is 11.3. The number of sulfonamides is 1. The molecule has 1 N–H and O–H groups in total. The molecule has 4 nitrogen and oxygen atoms in total. The van der Waals surface area contributed by atoms with Crippen molar-refractivity contribution in [2.45, 2.75) is 18.7 Å². The van der Waals surface area contributed by atoms with Gasteiger partial charge in [0.1, 0.15) is 10.4 Å². The van der Waals surface area contributed by atoms with Gasteiger partial charge in [0.2, 0.25) is 0 Å². The Balaban J connectivity index is 2.38. The molecule has 1 aromatic heterocycles. The Bertz CT molecular complexity index is 714. The summed E-state index contributed by atoms with van der Waals surface area (Å²) in [5, 5.41) is 0. The molecule has 0 fully saturated rings. The maximum absolute atomic E-state index is 12.3. The van der Waals surface area contributed by atoms with Crippen LogP contribution in [0.2, 0.25) is 0 Å². The van der Waals surface area contributed by atoms with Gasteiger partial charge in [-0.1, -0.05) is 23.8 Å². The number of pyridine rings is 1. The molecule has 0 atom stereocenters. The summed E-state index contributed by atoms with van der Waals surface area (Å²) < 4.78 is 27.6. The predicted molar refractivity (Wildman–Crippen MR) is 78.7 cm³/mol. The van der Waals surface area contributed by atoms with Gasteiger partial charge < -0.3 is 0 Å². The van der Waals surface area contributed by atoms with E-state index < -0.39 is 10.0 Å². The minimum absolute atomic E-state index is 0.264. The molecule has 0 bridgehead atoms. The Morgan fingerprint density at radius 3 is 2.53 bits per heavy atom. The van der Waals surface area contributed by atoms with E-state index in [0.717, 1.165) is 5.56 Å². The molecule has 19 heavy (non-hydrogen) atoms. The van der Waals surface area contributed by atoms with E-state index in [4.69, 9.17) is 0 Å². The molecule has 0 saturated carbocycles. The maximum Gasteiger partial charge on any atom is 0.263 e. The minimum Gasteiger partial charge on any atom is -0.263 e. The first-order chi connectivity index (χ1) is 8.88. The number of hydrogen-bond acceptors (Lipinski definition) is 3. The van der Waals surface area contributed by atoms with Gasteiger partial charge in [0.15, 0.2) is 0 Å². The van der Waals surface area contributed by atoms with Crippen molar-refractivity contribution in [2.75, 3.05) is 4.72 Å². The van der Waals surface area contributed by atoms with Crippen LogP contribution in [0.25, 0.3) is 0 Å². The van der Waals surface area contributed by atoms with Gasteiger partial charge in [-0.2, -0.15) is 0 Å². The van der Waals surface area contributed by atoms with Crippen LogP contribution in [0.4, 0.5) is 5.82 Å². The summed E-state index contributed by atoms with van der Waals surface area (Å²) in [6.45, 7) is 3.70. The fourth-order valence-electron chi connectivity index (χ4n) is 1.76. The monoisotopic (exact) mass is 340 g/mol. The lowest BCUT2D eigenvalue weighted by atomic mass is 10.2. The molecule has 0 spiro atoms. The second kappa shape index (κ2) is 5.30. The molecule has 2 aromatic rings. The molecule has 0 saturated heterocycles. The summed E-state index contributed by atoms with van der Waals surface area (Å²) >= 11 is 3.20. The van der Waals surface area contributed by atoms with Crippen LogP contribution in [0.15, 0.2) is 45.9 Å². The number of aryl methyl sites for hydroxylation is 2. The van der Waals surface area contributed by atoms with Crippen molar-refractivity contribution in [3.8, 4) is 0 Å². The first-order valence-corrected chi connectivity index (χ1v) is 7.89. The van der Waals surface area contributed by atoms with Gasteiger partial charge >= 0.3 is 0 Å². The molecule has 0 radical (unpaired) electrons. The number of nitrogens with zero attached hydrogens (tertiary/aromatic N) is 1. The van der Waals surface area contributed by atoms with Crippen molar-refractivity contribution >= 4 is 31.8 Å². The van der Waals surface area contributed by atoms with Crippen LogP contribution in [0, 0.1) is 13.8 Å². The SMILES string of the molecule is Cc1ccc(S(=O)(=O)Nc2cccc(Br)n2)c(C)c1. The molecule has 0 aliphatic rings. The lowest BCUT2D eigenvalue weighted by Crippen LogP contribution is -2.15. The summed E-state index contributed by atoms with van der Waals surface area (Å²) in [7, 11) is -3.61. The van der Waals surface area contributed by atoms with Gasteiger partial charge in [-0.05, 0) is 53.5 Å². The van der Waals surface area contributed by atoms with Crippen molar-refractivity contribution in [1.29, 1.82) is 0 Å². The van der Waals surface area contributed by atoms with Crippen molar-refractivity contribution < 1.29 is 8.42 Å². The van der Waals surface area contributed by atoms with E-state index in [1.165, 1.54) is 0 Å². The van der Waals surface area contributed by atoms with E-state index in [2.05, 4.69) is 25.6 Å². The third kappa shape index (κ3) is 3.33. The molecule has 0 unspecified atom stereocenters. The topological polar surface area (TPSA) is 59.1 Å². The first-order valence-electron chi connectivity index (χ1n) is 5.61. The number of benzene rings is 1. The van der Waals surface area contributed by atoms with E-state index in [0.29, 0.717) is 10.2 Å². The summed E-state index contributed by atoms with van der Waals surface area (Å²) in [5.41, 5.74) is 1.74. The summed E-state index contributed by atoms with van der Waals surface area (Å²) in [5.74, 6) is 0.286. The Morgan fingerprint density at radius 1 is 1.16 bits per heavy atom. The third-order valence-electron chi connectivity index (χ3n) is 2.57. The molecule has 0 amide bonds. The van der Waals surface area contributed by atoms with E-state index >= 15 is 0 Å². The fourth-order valence-corrected chi connectivity index (χ4v) is 3.33. The molecule has 1 heterocycles. The number of nitrogens with one attached hydrogen (secondary N) is 1. The molecule has 2 rings (SSSR count). The number of hydrogen-bond donors (Lipinski definition) is 1. The fraction of sp³-hybridized carbons (Fsp3) is 0.154. The van der Waals surface area contributed by atoms with E-state index in [9.17, 15) is 8.42 Å². The Labute approximate surface area is 121 Å². The van der Waals surface area contributed by atoms with Gasteiger partial charge in [0.05, 0.1) is 4.90 Å². The lowest BCUT2D eigenvalue weighted by molar-refractivity contribution is 0.600. The molecule has 0 aliphatic carbocycles. The highest BCUT2D eigenvalue weighted by atomic mass is 79.9. The standard InChI is InChI=1S/C13H13BrN2O2S/c1-9-6-7-11(10(2)8-9)19(17,18)16-13-5-3-4-12(14)15-13/h3-8H,1-2H3,(H,15,16). The first kappa shape index (κ1) is 14.0. The predicted octanol–water partition coefficient (Wildman–Crippen LogP) is 3.26. The van der Waals surface area contributed by atoms with Crippen LogP contribution < -0.4 is 4.72 Å². The quantitative estimate of drug-likeness (QED) is 0.872. The Kier molecular flexibility index (Phi) is 3.91. The number of halogens is 1. The Morgan fingerprint density at radius 2 is 1.89 bits per heavy atom. The van der Waals surface area contributed by atoms with Crippen LogP contribution in [0.3, 0.4) is 0 Å². The zero-order chi connectivity index (χ0) is 14.0. The summed E-state index contributed by atoms with van der Waals surface area (Å²) in [6.07, 6.45) is 0. The van der Waals surface area contributed by atoms with E-state index in [1.54, 1.807) is 37.3 Å². The zero-order valence-electron chi connectivity index (χ0n) is 10.5. The van der Waals surface area contributed by atoms with Crippen LogP contribution in [0.1, 0.15) is 11.1 Å². The van der Waals surface area contributed by atoms with Crippen molar-refractivity contribution in [3.05, 3.63) is 52.1 Å². The van der Waals surface area contributed by atoms with Gasteiger partial charge in [-0.15, -0.1) is 0 Å². The number of aromatic nitrogens is 1. The summed E-state index contributed by atoms with van der Waals surface area (Å²) in [4.78, 5) is 4.32. The van der Waals surface area contributed by atoms with Gasteiger partial charge in [-0.3, -0.25) is 4.72 Å². The highest BCUT2D eigenvalue weighted by Gasteiger charge is 2.17. The second-order valence-corrected chi connectivity index (χ2v) is 6.68. The third-order valence-corrected chi connectivity index (χ3v) is 4.53. The van der Waals surface area contributed by atoms with E-state index in [-0.39, 0.29) is 10.7 Å². The number of rotatable bonds is 3. The molecule has 6 heteroatoms. The minimum atomic E-state index is -3.61. The highest BCUT2D eigenvalue weighted by molar-refractivity contribution is 9.10. The van der Waals surface area contributed by atoms with E-state index in [1.807, 2.05) is 13.0 Å². The highest BCUT2D eigenvalue weighted by Crippen LogP contribution is 2.20. The van der Waals surface area contributed by atoms with Crippen LogP contribution >= 0.6 is 15.9 Å². The molecule has 1 aromatic carbocycles. The Hall–Kier alpha value is -1.40. The van der Waals surface area contributed by atoms with Crippen molar-refractivity contribution in [3.63, 3.8) is 0 Å². The molecular formula is C13H13BrN2O2S. The zero-order valence-corrected chi connectivity index (χ0v) is 12.9. The largest absolute Gasteiger partial charge is 0.263 e. The lowest BCUT2D eigenvalue weighted by Gasteiger charge is -2.10. The maximum atomic E-state index is 12.3.